The molecule has 3 N–H and O–H groups in total. The van der Waals surface area contributed by atoms with E-state index >= 15 is 0 Å². The fraction of sp³-hybridized carbons (Fsp3) is 0.364. The lowest BCUT2D eigenvalue weighted by Crippen LogP contribution is -2.46. The van der Waals surface area contributed by atoms with E-state index in [1.54, 1.807) is 12.1 Å². The van der Waals surface area contributed by atoms with Crippen LogP contribution >= 0.6 is 11.6 Å². The first-order valence-corrected chi connectivity index (χ1v) is 9.50. The fourth-order valence-electron chi connectivity index (χ4n) is 3.46. The van der Waals surface area contributed by atoms with E-state index in [1.165, 1.54) is 11.6 Å². The van der Waals surface area contributed by atoms with Gasteiger partial charge >= 0.3 is 0 Å². The van der Waals surface area contributed by atoms with E-state index in [0.29, 0.717) is 22.6 Å². The van der Waals surface area contributed by atoms with Crippen LogP contribution in [-0.2, 0) is 12.8 Å². The first kappa shape index (κ1) is 20.0. The molecule has 1 aliphatic rings. The molecular formula is C22H24ClFO3. The van der Waals surface area contributed by atoms with Crippen molar-refractivity contribution in [2.45, 2.75) is 38.1 Å². The summed E-state index contributed by atoms with van der Waals surface area (Å²) in [5.41, 5.74) is 4.33. The minimum atomic E-state index is -1.42. The number of alkyl halides is 1. The first-order chi connectivity index (χ1) is 12.9. The largest absolute Gasteiger partial charge is 0.390 e. The number of halogens is 2. The highest BCUT2D eigenvalue weighted by Gasteiger charge is 2.37. The van der Waals surface area contributed by atoms with Gasteiger partial charge in [0.15, 0.2) is 0 Å². The molecule has 0 amide bonds. The third-order valence-electron chi connectivity index (χ3n) is 5.21. The Kier molecular flexibility index (Phi) is 6.33. The van der Waals surface area contributed by atoms with E-state index in [9.17, 15) is 19.7 Å². The number of aliphatic hydroxyl groups excluding tert-OH is 3. The Bertz CT molecular complexity index is 819. The second kappa shape index (κ2) is 8.53. The molecule has 0 bridgehead atoms. The van der Waals surface area contributed by atoms with Gasteiger partial charge in [-0.05, 0) is 52.8 Å². The van der Waals surface area contributed by atoms with Gasteiger partial charge in [-0.25, -0.2) is 0 Å². The number of hydrogen-bond acceptors (Lipinski definition) is 3. The Morgan fingerprint density at radius 2 is 1.63 bits per heavy atom. The zero-order chi connectivity index (χ0) is 19.6. The van der Waals surface area contributed by atoms with Gasteiger partial charge in [-0.1, -0.05) is 54.9 Å². The van der Waals surface area contributed by atoms with Gasteiger partial charge in [0.1, 0.15) is 12.2 Å². The summed E-state index contributed by atoms with van der Waals surface area (Å²) in [5.74, 6) is -0.848. The molecule has 1 aliphatic carbocycles. The molecule has 0 aromatic heterocycles. The second-order valence-corrected chi connectivity index (χ2v) is 7.43. The van der Waals surface area contributed by atoms with Crippen LogP contribution in [0.5, 0.6) is 0 Å². The summed E-state index contributed by atoms with van der Waals surface area (Å²) in [6.45, 7) is 1.30. The van der Waals surface area contributed by atoms with Gasteiger partial charge in [0.25, 0.3) is 0 Å². The van der Waals surface area contributed by atoms with Crippen LogP contribution in [0.2, 0.25) is 5.02 Å². The van der Waals surface area contributed by atoms with E-state index in [-0.39, 0.29) is 0 Å². The summed E-state index contributed by atoms with van der Waals surface area (Å²) in [4.78, 5) is 0. The van der Waals surface area contributed by atoms with Crippen LogP contribution in [0.1, 0.15) is 29.2 Å². The number of aliphatic hydroxyl groups is 3. The lowest BCUT2D eigenvalue weighted by Gasteiger charge is -2.33. The monoisotopic (exact) mass is 390 g/mol. The molecule has 0 saturated heterocycles. The standard InChI is InChI=1S/C22H24ClFO3/c1-2-13-3-5-14(6-4-13)9-16-10-15(7-8-19(16)23)18-11-17(12-24)20(25)22(27)21(18)26/h3-8,10-11,17,20-22,25-27H,2,9,12H2,1H3/t17-,20-,21+,22+/m1/s1. The lowest BCUT2D eigenvalue weighted by atomic mass is 9.81. The van der Waals surface area contributed by atoms with Crippen LogP contribution in [0.4, 0.5) is 4.39 Å². The van der Waals surface area contributed by atoms with Gasteiger partial charge in [-0.2, -0.15) is 0 Å². The zero-order valence-electron chi connectivity index (χ0n) is 15.1. The Morgan fingerprint density at radius 3 is 2.26 bits per heavy atom. The maximum atomic E-state index is 13.2. The van der Waals surface area contributed by atoms with Crippen molar-refractivity contribution in [1.29, 1.82) is 0 Å². The molecule has 27 heavy (non-hydrogen) atoms. The van der Waals surface area contributed by atoms with Crippen LogP contribution in [0, 0.1) is 5.92 Å². The third-order valence-corrected chi connectivity index (χ3v) is 5.58. The van der Waals surface area contributed by atoms with Gasteiger partial charge < -0.3 is 15.3 Å². The molecule has 2 aromatic rings. The Labute approximate surface area is 163 Å². The molecule has 2 aromatic carbocycles. The van der Waals surface area contributed by atoms with Crippen LogP contribution in [0.15, 0.2) is 48.5 Å². The average molecular weight is 391 g/mol. The Balaban J connectivity index is 1.92. The van der Waals surface area contributed by atoms with Gasteiger partial charge in [-0.15, -0.1) is 0 Å². The van der Waals surface area contributed by atoms with Crippen molar-refractivity contribution in [3.63, 3.8) is 0 Å². The minimum absolute atomic E-state index is 0.412. The first-order valence-electron chi connectivity index (χ1n) is 9.13. The van der Waals surface area contributed by atoms with Crippen LogP contribution < -0.4 is 0 Å². The minimum Gasteiger partial charge on any atom is -0.390 e. The molecule has 0 saturated carbocycles. The van der Waals surface area contributed by atoms with Crippen LogP contribution in [-0.4, -0.2) is 40.3 Å². The van der Waals surface area contributed by atoms with Crippen LogP contribution in [0.3, 0.4) is 0 Å². The van der Waals surface area contributed by atoms with Gasteiger partial charge in [0.05, 0.1) is 12.8 Å². The second-order valence-electron chi connectivity index (χ2n) is 7.02. The molecule has 5 heteroatoms. The summed E-state index contributed by atoms with van der Waals surface area (Å²) in [6, 6.07) is 13.6. The van der Waals surface area contributed by atoms with Crippen molar-refractivity contribution in [3.05, 3.63) is 75.8 Å². The van der Waals surface area contributed by atoms with Crippen molar-refractivity contribution in [2.75, 3.05) is 6.67 Å². The molecule has 0 radical (unpaired) electrons. The summed E-state index contributed by atoms with van der Waals surface area (Å²) >= 11 is 6.36. The van der Waals surface area contributed by atoms with Crippen molar-refractivity contribution >= 4 is 17.2 Å². The van der Waals surface area contributed by atoms with E-state index < -0.39 is 30.9 Å². The highest BCUT2D eigenvalue weighted by molar-refractivity contribution is 6.31. The molecular weight excluding hydrogens is 367 g/mol. The lowest BCUT2D eigenvalue weighted by molar-refractivity contribution is -0.0641. The average Bonchev–Trinajstić information content (AvgIpc) is 2.69. The molecule has 4 atom stereocenters. The van der Waals surface area contributed by atoms with Crippen LogP contribution in [0.25, 0.3) is 5.57 Å². The molecule has 0 aliphatic heterocycles. The summed E-state index contributed by atoms with van der Waals surface area (Å²) < 4.78 is 13.2. The molecule has 0 spiro atoms. The van der Waals surface area contributed by atoms with Crippen molar-refractivity contribution in [3.8, 4) is 0 Å². The summed E-state index contributed by atoms with van der Waals surface area (Å²) in [7, 11) is 0. The normalized spacial score (nSPS) is 25.3. The van der Waals surface area contributed by atoms with Gasteiger partial charge in [0.2, 0.25) is 0 Å². The highest BCUT2D eigenvalue weighted by Crippen LogP contribution is 2.33. The number of rotatable bonds is 5. The number of hydrogen-bond donors (Lipinski definition) is 3. The maximum Gasteiger partial charge on any atom is 0.111 e. The fourth-order valence-corrected chi connectivity index (χ4v) is 3.64. The quantitative estimate of drug-likeness (QED) is 0.731. The summed E-state index contributed by atoms with van der Waals surface area (Å²) in [6.07, 6.45) is -0.917. The zero-order valence-corrected chi connectivity index (χ0v) is 15.9. The van der Waals surface area contributed by atoms with Crippen molar-refractivity contribution < 1.29 is 19.7 Å². The van der Waals surface area contributed by atoms with E-state index in [1.807, 2.05) is 6.07 Å². The molecule has 0 fully saturated rings. The molecule has 3 nitrogen and oxygen atoms in total. The van der Waals surface area contributed by atoms with Crippen molar-refractivity contribution in [1.82, 2.24) is 0 Å². The predicted octanol–water partition coefficient (Wildman–Crippen LogP) is 3.56. The highest BCUT2D eigenvalue weighted by atomic mass is 35.5. The molecule has 144 valence electrons. The van der Waals surface area contributed by atoms with Crippen molar-refractivity contribution in [2.24, 2.45) is 5.92 Å². The predicted molar refractivity (Wildman–Crippen MR) is 106 cm³/mol. The maximum absolute atomic E-state index is 13.2. The summed E-state index contributed by atoms with van der Waals surface area (Å²) in [5, 5.41) is 30.9. The van der Waals surface area contributed by atoms with Gasteiger partial charge in [-0.3, -0.25) is 4.39 Å². The van der Waals surface area contributed by atoms with E-state index in [4.69, 9.17) is 11.6 Å². The van der Waals surface area contributed by atoms with Gasteiger partial charge in [0, 0.05) is 10.9 Å². The molecule has 3 rings (SSSR count). The molecule has 0 heterocycles. The topological polar surface area (TPSA) is 60.7 Å². The SMILES string of the molecule is CCc1ccc(Cc2cc(C3=C[C@H](CF)[C@@H](O)[C@H](O)[C@H]3O)ccc2Cl)cc1. The number of aryl methyl sites for hydroxylation is 1. The van der Waals surface area contributed by atoms with E-state index in [0.717, 1.165) is 17.5 Å². The Morgan fingerprint density at radius 1 is 0.963 bits per heavy atom. The molecule has 0 unspecified atom stereocenters. The number of benzene rings is 2. The third kappa shape index (κ3) is 4.25. The van der Waals surface area contributed by atoms with E-state index in [2.05, 4.69) is 31.2 Å². The smallest absolute Gasteiger partial charge is 0.111 e. The Hall–Kier alpha value is -1.72.